The number of ether oxygens (including phenoxy) is 2. The maximum absolute atomic E-state index is 11.9. The van der Waals surface area contributed by atoms with Crippen LogP contribution in [-0.4, -0.2) is 23.4 Å². The predicted molar refractivity (Wildman–Crippen MR) is 94.5 cm³/mol. The molecule has 1 aliphatic rings. The number of hydrogen-bond donors (Lipinski definition) is 0. The lowest BCUT2D eigenvalue weighted by atomic mass is 10.1. The number of carbonyl (C=O) groups excluding carboxylic acids is 2. The Morgan fingerprint density at radius 1 is 0.958 bits per heavy atom. The second kappa shape index (κ2) is 8.17. The third-order valence-corrected chi connectivity index (χ3v) is 4.41. The molecule has 0 spiro atoms. The monoisotopic (exact) mass is 448 g/mol. The minimum Gasteiger partial charge on any atom is -0.446 e. The number of benzene rings is 1. The zero-order valence-electron chi connectivity index (χ0n) is 11.4. The van der Waals surface area contributed by atoms with Crippen LogP contribution in [0.15, 0.2) is 34.3 Å². The number of halogens is 6. The highest BCUT2D eigenvalue weighted by Crippen LogP contribution is 2.36. The van der Waals surface area contributed by atoms with Gasteiger partial charge in [-0.25, -0.2) is 9.59 Å². The SMILES string of the molecule is O=C(Oc1c(Cl)cc(Cl)cc1Cl)C(=O)OC1C(Cl)=CC(Cl)=CC1Cl. The van der Waals surface area contributed by atoms with Gasteiger partial charge >= 0.3 is 11.9 Å². The van der Waals surface area contributed by atoms with E-state index in [-0.39, 0.29) is 30.9 Å². The maximum atomic E-state index is 11.9. The van der Waals surface area contributed by atoms with Crippen molar-refractivity contribution in [1.82, 2.24) is 0 Å². The lowest BCUT2D eigenvalue weighted by Gasteiger charge is -2.22. The van der Waals surface area contributed by atoms with Gasteiger partial charge in [0.15, 0.2) is 11.9 Å². The van der Waals surface area contributed by atoms with Crippen LogP contribution in [0.3, 0.4) is 0 Å². The van der Waals surface area contributed by atoms with Crippen molar-refractivity contribution in [3.8, 4) is 5.75 Å². The molecule has 0 aromatic heterocycles. The van der Waals surface area contributed by atoms with Crippen LogP contribution in [0.5, 0.6) is 5.75 Å². The highest BCUT2D eigenvalue weighted by Gasteiger charge is 2.32. The lowest BCUT2D eigenvalue weighted by Crippen LogP contribution is -2.33. The van der Waals surface area contributed by atoms with Crippen LogP contribution < -0.4 is 4.74 Å². The summed E-state index contributed by atoms with van der Waals surface area (Å²) in [6.07, 6.45) is 1.68. The Morgan fingerprint density at radius 2 is 1.54 bits per heavy atom. The van der Waals surface area contributed by atoms with E-state index in [1.54, 1.807) is 0 Å². The summed E-state index contributed by atoms with van der Waals surface area (Å²) in [7, 11) is 0. The molecule has 4 nitrogen and oxygen atoms in total. The summed E-state index contributed by atoms with van der Waals surface area (Å²) in [5.41, 5.74) is 0. The third kappa shape index (κ3) is 4.72. The zero-order valence-corrected chi connectivity index (χ0v) is 15.9. The van der Waals surface area contributed by atoms with Crippen molar-refractivity contribution in [3.63, 3.8) is 0 Å². The van der Waals surface area contributed by atoms with Crippen molar-refractivity contribution in [2.24, 2.45) is 0 Å². The number of rotatable bonds is 2. The molecule has 0 aliphatic heterocycles. The van der Waals surface area contributed by atoms with Crippen LogP contribution >= 0.6 is 69.6 Å². The van der Waals surface area contributed by atoms with E-state index in [1.165, 1.54) is 24.3 Å². The molecular weight excluding hydrogens is 445 g/mol. The van der Waals surface area contributed by atoms with Crippen molar-refractivity contribution in [2.45, 2.75) is 11.5 Å². The molecule has 24 heavy (non-hydrogen) atoms. The first kappa shape index (κ1) is 19.7. The topological polar surface area (TPSA) is 52.6 Å². The summed E-state index contributed by atoms with van der Waals surface area (Å²) in [6.45, 7) is 0. The minimum absolute atomic E-state index is 0.0471. The van der Waals surface area contributed by atoms with E-state index in [0.29, 0.717) is 0 Å². The first-order valence-electron chi connectivity index (χ1n) is 6.15. The van der Waals surface area contributed by atoms with Gasteiger partial charge in [-0.3, -0.25) is 0 Å². The molecule has 2 unspecified atom stereocenters. The molecule has 0 radical (unpaired) electrons. The molecule has 10 heteroatoms. The summed E-state index contributed by atoms with van der Waals surface area (Å²) < 4.78 is 9.78. The van der Waals surface area contributed by atoms with E-state index in [9.17, 15) is 9.59 Å². The van der Waals surface area contributed by atoms with Crippen molar-refractivity contribution in [1.29, 1.82) is 0 Å². The maximum Gasteiger partial charge on any atom is 0.422 e. The van der Waals surface area contributed by atoms with Crippen molar-refractivity contribution >= 4 is 81.5 Å². The summed E-state index contributed by atoms with van der Waals surface area (Å²) in [4.78, 5) is 23.7. The highest BCUT2D eigenvalue weighted by molar-refractivity contribution is 6.41. The number of allylic oxidation sites excluding steroid dienone is 2. The first-order chi connectivity index (χ1) is 11.2. The highest BCUT2D eigenvalue weighted by atomic mass is 35.5. The fourth-order valence-electron chi connectivity index (χ4n) is 1.70. The van der Waals surface area contributed by atoms with Crippen LogP contribution in [0.4, 0.5) is 0 Å². The van der Waals surface area contributed by atoms with Crippen LogP contribution in [0.25, 0.3) is 0 Å². The molecule has 1 aliphatic carbocycles. The molecule has 0 fully saturated rings. The standard InChI is InChI=1S/C14H6Cl6O4/c15-5-1-7(17)11(8(18)2-5)23-13(21)14(22)24-12-9(19)3-6(16)4-10(12)20/h1-4,7,11H. The van der Waals surface area contributed by atoms with Crippen molar-refractivity contribution < 1.29 is 19.1 Å². The Kier molecular flexibility index (Phi) is 6.71. The Bertz CT molecular complexity index is 735. The van der Waals surface area contributed by atoms with Crippen LogP contribution in [0.2, 0.25) is 15.1 Å². The van der Waals surface area contributed by atoms with E-state index in [2.05, 4.69) is 0 Å². The summed E-state index contributed by atoms with van der Waals surface area (Å²) in [5, 5.41) is -0.348. The molecule has 128 valence electrons. The molecule has 0 N–H and O–H groups in total. The van der Waals surface area contributed by atoms with Gasteiger partial charge in [-0.1, -0.05) is 58.0 Å². The normalized spacial score (nSPS) is 20.1. The summed E-state index contributed by atoms with van der Waals surface area (Å²) in [5.74, 6) is -2.90. The molecule has 2 rings (SSSR count). The average Bonchev–Trinajstić information content (AvgIpc) is 2.46. The summed E-state index contributed by atoms with van der Waals surface area (Å²) >= 11 is 35.1. The molecule has 0 saturated carbocycles. The van der Waals surface area contributed by atoms with Gasteiger partial charge in [0.05, 0.1) is 20.5 Å². The molecule has 0 bridgehead atoms. The van der Waals surface area contributed by atoms with Gasteiger partial charge in [-0.05, 0) is 24.3 Å². The lowest BCUT2D eigenvalue weighted by molar-refractivity contribution is -0.164. The molecule has 2 atom stereocenters. The summed E-state index contributed by atoms with van der Waals surface area (Å²) in [6, 6.07) is 2.59. The van der Waals surface area contributed by atoms with Gasteiger partial charge in [0.1, 0.15) is 0 Å². The second-order valence-electron chi connectivity index (χ2n) is 4.44. The van der Waals surface area contributed by atoms with E-state index >= 15 is 0 Å². The van der Waals surface area contributed by atoms with E-state index in [0.717, 1.165) is 0 Å². The van der Waals surface area contributed by atoms with Crippen LogP contribution in [-0.2, 0) is 14.3 Å². The molecule has 0 heterocycles. The van der Waals surface area contributed by atoms with Crippen molar-refractivity contribution in [2.75, 3.05) is 0 Å². The van der Waals surface area contributed by atoms with E-state index < -0.39 is 23.4 Å². The minimum atomic E-state index is -1.35. The third-order valence-electron chi connectivity index (χ3n) is 2.71. The van der Waals surface area contributed by atoms with Crippen LogP contribution in [0.1, 0.15) is 0 Å². The van der Waals surface area contributed by atoms with Crippen LogP contribution in [0, 0.1) is 0 Å². The smallest absolute Gasteiger partial charge is 0.422 e. The second-order valence-corrected chi connectivity index (χ2v) is 7.07. The fraction of sp³-hybridized carbons (Fsp3) is 0.143. The molecule has 0 amide bonds. The Balaban J connectivity index is 2.09. The Labute approximate surface area is 166 Å². The van der Waals surface area contributed by atoms with Gasteiger partial charge in [-0.15, -0.1) is 11.6 Å². The number of hydrogen-bond acceptors (Lipinski definition) is 4. The van der Waals surface area contributed by atoms with Gasteiger partial charge in [0.25, 0.3) is 0 Å². The van der Waals surface area contributed by atoms with Gasteiger partial charge in [-0.2, -0.15) is 0 Å². The van der Waals surface area contributed by atoms with Gasteiger partial charge in [0, 0.05) is 10.1 Å². The zero-order chi connectivity index (χ0) is 18.0. The molecule has 0 saturated heterocycles. The Hall–Kier alpha value is -0.620. The molecule has 1 aromatic rings. The molecular formula is C14H6Cl6O4. The Morgan fingerprint density at radius 3 is 2.08 bits per heavy atom. The van der Waals surface area contributed by atoms with E-state index in [1.807, 2.05) is 0 Å². The quantitative estimate of drug-likeness (QED) is 0.264. The fourth-order valence-corrected chi connectivity index (χ4v) is 3.65. The molecule has 1 aromatic carbocycles. The van der Waals surface area contributed by atoms with E-state index in [4.69, 9.17) is 79.1 Å². The number of carbonyl (C=O) groups is 2. The first-order valence-corrected chi connectivity index (χ1v) is 8.47. The number of alkyl halides is 1. The average molecular weight is 451 g/mol. The largest absolute Gasteiger partial charge is 0.446 e. The number of esters is 2. The van der Waals surface area contributed by atoms with Gasteiger partial charge < -0.3 is 9.47 Å². The van der Waals surface area contributed by atoms with Crippen molar-refractivity contribution in [3.05, 3.63) is 49.4 Å². The predicted octanol–water partition coefficient (Wildman–Crippen LogP) is 5.33. The van der Waals surface area contributed by atoms with Gasteiger partial charge in [0.2, 0.25) is 0 Å².